The molecular formula is C41H52N7O9PS. The minimum absolute atomic E-state index is 0.0364. The molecular weight excluding hydrogens is 798 g/mol. The van der Waals surface area contributed by atoms with E-state index in [1.807, 2.05) is 124 Å². The van der Waals surface area contributed by atoms with E-state index in [2.05, 4.69) is 20.0 Å². The van der Waals surface area contributed by atoms with E-state index in [1.165, 1.54) is 17.8 Å². The number of aromatic amines is 1. The lowest BCUT2D eigenvalue weighted by molar-refractivity contribution is -0.124. The van der Waals surface area contributed by atoms with Crippen LogP contribution in [0.4, 0.5) is 5.95 Å². The third-order valence-electron chi connectivity index (χ3n) is 10.1. The molecule has 0 saturated carbocycles. The van der Waals surface area contributed by atoms with Gasteiger partial charge in [-0.2, -0.15) is 4.98 Å². The number of nitrogens with two attached hydrogens (primary N) is 1. The second-order valence-electron chi connectivity index (χ2n) is 15.4. The topological polar surface area (TPSA) is 216 Å². The van der Waals surface area contributed by atoms with Crippen LogP contribution in [0.2, 0.25) is 0 Å². The Labute approximate surface area is 347 Å². The molecule has 16 nitrogen and oxygen atoms in total. The zero-order valence-electron chi connectivity index (χ0n) is 33.7. The van der Waals surface area contributed by atoms with Crippen molar-refractivity contribution in [2.24, 2.45) is 5.41 Å². The molecule has 0 amide bonds. The molecule has 1 aliphatic rings. The Kier molecular flexibility index (Phi) is 13.9. The van der Waals surface area contributed by atoms with Crippen LogP contribution in [0.15, 0.2) is 102 Å². The van der Waals surface area contributed by atoms with Crippen molar-refractivity contribution in [3.8, 4) is 0 Å². The second-order valence-corrected chi connectivity index (χ2v) is 18.3. The Morgan fingerprint density at radius 2 is 1.61 bits per heavy atom. The maximum atomic E-state index is 14.1. The van der Waals surface area contributed by atoms with Crippen molar-refractivity contribution in [3.63, 3.8) is 0 Å². The van der Waals surface area contributed by atoms with Crippen LogP contribution in [0.3, 0.4) is 0 Å². The van der Waals surface area contributed by atoms with Crippen molar-refractivity contribution in [2.45, 2.75) is 50.4 Å². The highest BCUT2D eigenvalue weighted by molar-refractivity contribution is 8.13. The zero-order valence-corrected chi connectivity index (χ0v) is 35.4. The summed E-state index contributed by atoms with van der Waals surface area (Å²) in [6, 6.07) is 29.8. The Balaban J connectivity index is 1.11. The molecule has 1 aliphatic heterocycles. The summed E-state index contributed by atoms with van der Waals surface area (Å²) in [5.74, 6) is -0.0220. The van der Waals surface area contributed by atoms with Gasteiger partial charge in [0.15, 0.2) is 22.5 Å². The molecule has 6 rings (SSSR count). The molecule has 316 valence electrons. The van der Waals surface area contributed by atoms with Crippen molar-refractivity contribution in [1.29, 1.82) is 0 Å². The fraction of sp³-hybridized carbons (Fsp3) is 0.415. The van der Waals surface area contributed by atoms with Crippen LogP contribution in [0, 0.1) is 5.41 Å². The molecule has 1 saturated heterocycles. The van der Waals surface area contributed by atoms with Gasteiger partial charge in [0, 0.05) is 18.8 Å². The van der Waals surface area contributed by atoms with Gasteiger partial charge in [0.25, 0.3) is 5.56 Å². The lowest BCUT2D eigenvalue weighted by Crippen LogP contribution is -2.44. The maximum absolute atomic E-state index is 14.1. The molecule has 0 spiro atoms. The molecule has 3 aromatic carbocycles. The molecule has 59 heavy (non-hydrogen) atoms. The number of benzene rings is 3. The number of hydrogen-bond donors (Lipinski definition) is 5. The second kappa shape index (κ2) is 18.6. The molecule has 18 heteroatoms. The molecule has 0 bridgehead atoms. The average Bonchev–Trinajstić information content (AvgIpc) is 3.73. The van der Waals surface area contributed by atoms with Gasteiger partial charge < -0.3 is 30.3 Å². The van der Waals surface area contributed by atoms with Gasteiger partial charge in [-0.3, -0.25) is 28.2 Å². The van der Waals surface area contributed by atoms with Crippen molar-refractivity contribution < 1.29 is 38.1 Å². The number of aromatic nitrogens is 4. The summed E-state index contributed by atoms with van der Waals surface area (Å²) < 4.78 is 39.9. The average molecular weight is 850 g/mol. The minimum Gasteiger partial charge on any atom is -0.387 e. The summed E-state index contributed by atoms with van der Waals surface area (Å²) in [6.45, 7) is 5.23. The Morgan fingerprint density at radius 1 is 1.03 bits per heavy atom. The quantitative estimate of drug-likeness (QED) is 0.0445. The lowest BCUT2D eigenvalue weighted by Gasteiger charge is -2.38. The van der Waals surface area contributed by atoms with Crippen LogP contribution in [-0.2, 0) is 33.5 Å². The number of aliphatic hydroxyl groups excluding tert-OH is 1. The van der Waals surface area contributed by atoms with Gasteiger partial charge in [0.05, 0.1) is 31.6 Å². The smallest absolute Gasteiger partial charge is 0.387 e. The summed E-state index contributed by atoms with van der Waals surface area (Å²) in [6.07, 6.45) is -2.73. The molecule has 2 aromatic heterocycles. The monoisotopic (exact) mass is 849 g/mol. The van der Waals surface area contributed by atoms with Gasteiger partial charge in [0.2, 0.25) is 5.95 Å². The number of nitrogens with one attached hydrogen (secondary N) is 2. The highest BCUT2D eigenvalue weighted by atomic mass is 32.2. The van der Waals surface area contributed by atoms with Crippen LogP contribution in [0.5, 0.6) is 0 Å². The summed E-state index contributed by atoms with van der Waals surface area (Å²) >= 11 is 1.03. The van der Waals surface area contributed by atoms with Gasteiger partial charge in [-0.15, -0.1) is 0 Å². The number of thioether (sulfide) groups is 1. The lowest BCUT2D eigenvalue weighted by atomic mass is 9.79. The van der Waals surface area contributed by atoms with Gasteiger partial charge in [0.1, 0.15) is 23.4 Å². The number of H-pyrrole nitrogens is 1. The van der Waals surface area contributed by atoms with Gasteiger partial charge in [-0.05, 0) is 51.6 Å². The summed E-state index contributed by atoms with van der Waals surface area (Å²) in [5.41, 5.74) is 4.05. The van der Waals surface area contributed by atoms with E-state index in [-0.39, 0.29) is 47.7 Å². The largest absolute Gasteiger partial charge is 0.405 e. The van der Waals surface area contributed by atoms with Crippen molar-refractivity contribution >= 4 is 41.7 Å². The zero-order chi connectivity index (χ0) is 42.4. The molecule has 5 atom stereocenters. The number of carbonyl (C=O) groups excluding carboxylic acids is 1. The van der Waals surface area contributed by atoms with Gasteiger partial charge in [-0.25, -0.2) is 14.6 Å². The molecule has 6 N–H and O–H groups in total. The number of imidazole rings is 1. The number of ether oxygens (including phenoxy) is 2. The van der Waals surface area contributed by atoms with Gasteiger partial charge in [-0.1, -0.05) is 103 Å². The fourth-order valence-corrected chi connectivity index (χ4v) is 9.04. The van der Waals surface area contributed by atoms with Crippen LogP contribution in [-0.4, -0.2) is 110 Å². The highest BCUT2D eigenvalue weighted by Gasteiger charge is 2.54. The molecule has 0 radical (unpaired) electrons. The summed E-state index contributed by atoms with van der Waals surface area (Å²) in [4.78, 5) is 38.6. The number of aliphatic hydroxyl groups is 2. The maximum Gasteiger partial charge on any atom is 0.405 e. The fourth-order valence-electron chi connectivity index (χ4n) is 6.81. The van der Waals surface area contributed by atoms with Crippen molar-refractivity contribution in [1.82, 2.24) is 29.5 Å². The normalized spacial score (nSPS) is 20.9. The first-order chi connectivity index (χ1) is 28.1. The van der Waals surface area contributed by atoms with E-state index >= 15 is 0 Å². The number of carbonyl (C=O) groups is 1. The van der Waals surface area contributed by atoms with E-state index in [9.17, 15) is 24.4 Å². The standard InChI is InChI=1S/C41H52N7O9PS/c1-39(2,26-54-41(28-15-9-6-10-16-28,29-17-11-7-12-18-29)30-19-13-8-14-20-30)37(51)59-24-23-55-58(53,44-21-22-47(4)5)56-25-31-33(49)40(3,52)36(57-31)48-27-43-32-34(48)45-38(42)46-35(32)50/h6-20,27,31,33,36,49,52H,21-26H2,1-5H3,(H,44,53)(H3,42,45,46,50)/t31-,33-,36-,40-,58?/m1/s1. The molecule has 3 heterocycles. The number of anilines is 1. The predicted molar refractivity (Wildman–Crippen MR) is 226 cm³/mol. The van der Waals surface area contributed by atoms with E-state index in [4.69, 9.17) is 24.3 Å². The number of rotatable bonds is 19. The molecule has 0 aliphatic carbocycles. The van der Waals surface area contributed by atoms with Crippen LogP contribution >= 0.6 is 19.5 Å². The predicted octanol–water partition coefficient (Wildman–Crippen LogP) is 4.30. The molecule has 1 unspecified atom stereocenters. The Morgan fingerprint density at radius 3 is 2.17 bits per heavy atom. The van der Waals surface area contributed by atoms with Crippen LogP contribution in [0.1, 0.15) is 43.7 Å². The summed E-state index contributed by atoms with van der Waals surface area (Å²) in [5, 5.41) is 25.2. The van der Waals surface area contributed by atoms with Gasteiger partial charge >= 0.3 is 7.75 Å². The van der Waals surface area contributed by atoms with E-state index in [0.29, 0.717) is 6.54 Å². The third-order valence-corrected chi connectivity index (χ3v) is 12.9. The highest BCUT2D eigenvalue weighted by Crippen LogP contribution is 2.47. The third kappa shape index (κ3) is 9.87. The Bertz CT molecular complexity index is 2180. The SMILES string of the molecule is CN(C)CCNP(=O)(OCCSC(=O)C(C)(C)COC(c1ccccc1)(c1ccccc1)c1ccccc1)OC[C@H]1O[C@@H](n2cnc3c(=O)[nH]c(N)nc32)[C@](C)(O)[C@@H]1O. The van der Waals surface area contributed by atoms with E-state index in [0.717, 1.165) is 28.5 Å². The van der Waals surface area contributed by atoms with E-state index in [1.54, 1.807) is 0 Å². The number of fused-ring (bicyclic) bond motifs is 1. The minimum atomic E-state index is -4.06. The first-order valence-electron chi connectivity index (χ1n) is 19.1. The number of nitrogens with zero attached hydrogens (tertiary/aromatic N) is 4. The number of hydrogen-bond acceptors (Lipinski definition) is 14. The Hall–Kier alpha value is -4.26. The van der Waals surface area contributed by atoms with Crippen molar-refractivity contribution in [2.75, 3.05) is 58.5 Å². The summed E-state index contributed by atoms with van der Waals surface area (Å²) in [7, 11) is -0.350. The van der Waals surface area contributed by atoms with Crippen LogP contribution < -0.4 is 16.4 Å². The number of likely N-dealkylation sites (N-methyl/N-ethyl adjacent to an activating group) is 1. The van der Waals surface area contributed by atoms with Crippen molar-refractivity contribution in [3.05, 3.63) is 124 Å². The van der Waals surface area contributed by atoms with E-state index < -0.39 is 55.0 Å². The first kappa shape index (κ1) is 44.3. The van der Waals surface area contributed by atoms with Crippen LogP contribution in [0.25, 0.3) is 11.2 Å². The first-order valence-corrected chi connectivity index (χ1v) is 21.7. The number of nitrogen functional groups attached to an aromatic ring is 1. The molecule has 5 aromatic rings. The molecule has 1 fully saturated rings.